The van der Waals surface area contributed by atoms with Gasteiger partial charge in [0.15, 0.2) is 0 Å². The third-order valence-corrected chi connectivity index (χ3v) is 4.20. The molecule has 3 N–H and O–H groups in total. The maximum absolute atomic E-state index is 13.2. The number of nitrogens with two attached hydrogens (primary N) is 1. The van der Waals surface area contributed by atoms with Gasteiger partial charge in [0.1, 0.15) is 10.6 Å². The maximum atomic E-state index is 13.2. The molecule has 4 nitrogen and oxygen atoms in total. The number of nitrogen functional groups attached to an aromatic ring is 1. The van der Waals surface area contributed by atoms with Gasteiger partial charge in [-0.3, -0.25) is 0 Å². The lowest BCUT2D eigenvalue weighted by Crippen LogP contribution is -2.44. The van der Waals surface area contributed by atoms with Crippen LogP contribution in [0.2, 0.25) is 0 Å². The van der Waals surface area contributed by atoms with Gasteiger partial charge in [0.05, 0.1) is 11.3 Å². The van der Waals surface area contributed by atoms with Crippen molar-refractivity contribution < 1.29 is 13.2 Å². The summed E-state index contributed by atoms with van der Waals surface area (Å²) in [5.74, 6) is 0.369. The highest BCUT2D eigenvalue weighted by Gasteiger charge is 2.35. The molecular weight excluding hydrogens is 289 g/mol. The Kier molecular flexibility index (Phi) is 3.21. The zero-order chi connectivity index (χ0) is 14.3. The predicted molar refractivity (Wildman–Crippen MR) is 74.1 cm³/mol. The number of nitrogens with zero attached hydrogens (tertiary/aromatic N) is 2. The Bertz CT molecular complexity index is 631. The molecule has 20 heavy (non-hydrogen) atoms. The second kappa shape index (κ2) is 4.78. The van der Waals surface area contributed by atoms with E-state index in [0.29, 0.717) is 23.7 Å². The second-order valence-electron chi connectivity index (χ2n) is 4.63. The van der Waals surface area contributed by atoms with Gasteiger partial charge in [-0.25, -0.2) is 4.98 Å². The van der Waals surface area contributed by atoms with Crippen LogP contribution < -0.4 is 16.0 Å². The van der Waals surface area contributed by atoms with E-state index >= 15 is 0 Å². The molecule has 0 saturated carbocycles. The van der Waals surface area contributed by atoms with E-state index in [4.69, 9.17) is 5.73 Å². The zero-order valence-corrected chi connectivity index (χ0v) is 11.3. The number of fused-ring (bicyclic) bond motifs is 1. The van der Waals surface area contributed by atoms with Crippen LogP contribution in [0, 0.1) is 0 Å². The van der Waals surface area contributed by atoms with Crippen LogP contribution >= 0.6 is 11.3 Å². The second-order valence-corrected chi connectivity index (χ2v) is 5.49. The molecule has 0 unspecified atom stereocenters. The van der Waals surface area contributed by atoms with Crippen molar-refractivity contribution >= 4 is 33.1 Å². The lowest BCUT2D eigenvalue weighted by atomic mass is 10.1. The number of hydrogen-bond donors (Lipinski definition) is 2. The number of alkyl halides is 3. The van der Waals surface area contributed by atoms with Crippen LogP contribution in [0.15, 0.2) is 11.4 Å². The van der Waals surface area contributed by atoms with E-state index in [-0.39, 0.29) is 11.1 Å². The third kappa shape index (κ3) is 2.29. The quantitative estimate of drug-likeness (QED) is 0.849. The van der Waals surface area contributed by atoms with Crippen LogP contribution in [0.5, 0.6) is 0 Å². The Labute approximate surface area is 117 Å². The fourth-order valence-electron chi connectivity index (χ4n) is 2.33. The molecule has 0 aromatic carbocycles. The number of pyridine rings is 1. The van der Waals surface area contributed by atoms with Gasteiger partial charge in [0.25, 0.3) is 0 Å². The molecule has 1 saturated heterocycles. The summed E-state index contributed by atoms with van der Waals surface area (Å²) >= 11 is 1.14. The van der Waals surface area contributed by atoms with Gasteiger partial charge in [0, 0.05) is 36.9 Å². The largest absolute Gasteiger partial charge is 0.417 e. The van der Waals surface area contributed by atoms with E-state index in [0.717, 1.165) is 30.5 Å². The van der Waals surface area contributed by atoms with E-state index in [2.05, 4.69) is 10.3 Å². The van der Waals surface area contributed by atoms with Crippen molar-refractivity contribution in [2.45, 2.75) is 6.18 Å². The smallest absolute Gasteiger partial charge is 0.397 e. The van der Waals surface area contributed by atoms with Gasteiger partial charge < -0.3 is 16.0 Å². The molecule has 0 amide bonds. The van der Waals surface area contributed by atoms with Crippen molar-refractivity contribution in [1.82, 2.24) is 10.3 Å². The van der Waals surface area contributed by atoms with Crippen molar-refractivity contribution in [3.05, 3.63) is 17.0 Å². The lowest BCUT2D eigenvalue weighted by Gasteiger charge is -2.29. The monoisotopic (exact) mass is 302 g/mol. The molecule has 0 spiro atoms. The first-order valence-electron chi connectivity index (χ1n) is 6.17. The topological polar surface area (TPSA) is 54.2 Å². The number of aromatic nitrogens is 1. The zero-order valence-electron chi connectivity index (χ0n) is 10.5. The van der Waals surface area contributed by atoms with E-state index in [1.807, 2.05) is 4.90 Å². The number of hydrogen-bond acceptors (Lipinski definition) is 5. The molecule has 8 heteroatoms. The molecular formula is C12H13F3N4S. The SMILES string of the molecule is Nc1csc2nc(N3CCNCC3)cc(C(F)(F)F)c12. The van der Waals surface area contributed by atoms with Crippen LogP contribution in [0.25, 0.3) is 10.2 Å². The maximum Gasteiger partial charge on any atom is 0.417 e. The van der Waals surface area contributed by atoms with E-state index in [9.17, 15) is 13.2 Å². The minimum absolute atomic E-state index is 0.0152. The highest BCUT2D eigenvalue weighted by molar-refractivity contribution is 7.17. The van der Waals surface area contributed by atoms with Crippen LogP contribution in [0.3, 0.4) is 0 Å². The summed E-state index contributed by atoms with van der Waals surface area (Å²) in [6.07, 6.45) is -4.43. The van der Waals surface area contributed by atoms with E-state index in [1.165, 1.54) is 5.38 Å². The third-order valence-electron chi connectivity index (χ3n) is 3.31. The number of piperazine rings is 1. The van der Waals surface area contributed by atoms with Gasteiger partial charge in [-0.05, 0) is 6.07 Å². The number of nitrogens with one attached hydrogen (secondary N) is 1. The summed E-state index contributed by atoms with van der Waals surface area (Å²) in [4.78, 5) is 6.53. The predicted octanol–water partition coefficient (Wildman–Crippen LogP) is 2.31. The summed E-state index contributed by atoms with van der Waals surface area (Å²) in [7, 11) is 0. The first kappa shape index (κ1) is 13.4. The normalized spacial score (nSPS) is 16.9. The molecule has 1 aliphatic rings. The van der Waals surface area contributed by atoms with Gasteiger partial charge in [-0.1, -0.05) is 0 Å². The highest BCUT2D eigenvalue weighted by Crippen LogP contribution is 2.41. The molecule has 0 radical (unpaired) electrons. The number of thiophene rings is 1. The summed E-state index contributed by atoms with van der Waals surface area (Å²) < 4.78 is 39.6. The van der Waals surface area contributed by atoms with E-state index < -0.39 is 11.7 Å². The van der Waals surface area contributed by atoms with Gasteiger partial charge in [0.2, 0.25) is 0 Å². The van der Waals surface area contributed by atoms with Crippen LogP contribution in [0.4, 0.5) is 24.7 Å². The van der Waals surface area contributed by atoms with Crippen LogP contribution in [0.1, 0.15) is 5.56 Å². The molecule has 108 valence electrons. The summed E-state index contributed by atoms with van der Waals surface area (Å²) in [5, 5.41) is 4.69. The molecule has 0 bridgehead atoms. The molecule has 3 rings (SSSR count). The van der Waals surface area contributed by atoms with Gasteiger partial charge >= 0.3 is 6.18 Å². The average molecular weight is 302 g/mol. The van der Waals surface area contributed by atoms with Crippen molar-refractivity contribution in [3.8, 4) is 0 Å². The fraction of sp³-hybridized carbons (Fsp3) is 0.417. The molecule has 3 heterocycles. The molecule has 0 aliphatic carbocycles. The number of rotatable bonds is 1. The summed E-state index contributed by atoms with van der Waals surface area (Å²) in [6, 6.07) is 1.11. The Balaban J connectivity index is 2.15. The Hall–Kier alpha value is -1.54. The minimum Gasteiger partial charge on any atom is -0.397 e. The van der Waals surface area contributed by atoms with Crippen molar-refractivity contribution in [3.63, 3.8) is 0 Å². The minimum atomic E-state index is -4.43. The summed E-state index contributed by atoms with van der Waals surface area (Å²) in [5.41, 5.74) is 5.09. The number of anilines is 2. The van der Waals surface area contributed by atoms with Crippen molar-refractivity contribution in [1.29, 1.82) is 0 Å². The highest BCUT2D eigenvalue weighted by atomic mass is 32.1. The average Bonchev–Trinajstić information content (AvgIpc) is 2.79. The first-order valence-corrected chi connectivity index (χ1v) is 7.05. The molecule has 1 aliphatic heterocycles. The van der Waals surface area contributed by atoms with Crippen LogP contribution in [-0.2, 0) is 6.18 Å². The standard InChI is InChI=1S/C12H13F3N4S/c13-12(14,15)7-5-9(19-3-1-17-2-4-19)18-11-10(7)8(16)6-20-11/h5-6,17H,1-4,16H2. The first-order chi connectivity index (χ1) is 9.47. The Morgan fingerprint density at radius 3 is 2.65 bits per heavy atom. The summed E-state index contributed by atoms with van der Waals surface area (Å²) in [6.45, 7) is 2.79. The Morgan fingerprint density at radius 1 is 1.30 bits per heavy atom. The molecule has 2 aromatic rings. The van der Waals surface area contributed by atoms with Crippen molar-refractivity contribution in [2.75, 3.05) is 36.8 Å². The Morgan fingerprint density at radius 2 is 2.00 bits per heavy atom. The van der Waals surface area contributed by atoms with E-state index in [1.54, 1.807) is 0 Å². The van der Waals surface area contributed by atoms with Gasteiger partial charge in [-0.2, -0.15) is 13.2 Å². The number of halogens is 3. The molecule has 0 atom stereocenters. The fourth-order valence-corrected chi connectivity index (χ4v) is 3.18. The lowest BCUT2D eigenvalue weighted by molar-refractivity contribution is -0.136. The van der Waals surface area contributed by atoms with Crippen molar-refractivity contribution in [2.24, 2.45) is 0 Å². The molecule has 1 fully saturated rings. The molecule has 2 aromatic heterocycles. The van der Waals surface area contributed by atoms with Crippen LogP contribution in [-0.4, -0.2) is 31.2 Å². The van der Waals surface area contributed by atoms with Gasteiger partial charge in [-0.15, -0.1) is 11.3 Å².